The number of sulfonamides is 2. The number of fused-ring (bicyclic) bond motifs is 2. The summed E-state index contributed by atoms with van der Waals surface area (Å²) in [5, 5.41) is 6.27. The van der Waals surface area contributed by atoms with Gasteiger partial charge in [0.15, 0.2) is 38.0 Å². The van der Waals surface area contributed by atoms with Crippen molar-refractivity contribution in [3.8, 4) is 22.5 Å². The fraction of sp³-hybridized carbons (Fsp3) is 0.180. The molecule has 1 aliphatic heterocycles. The van der Waals surface area contributed by atoms with Gasteiger partial charge in [-0.05, 0) is 87.2 Å². The lowest BCUT2D eigenvalue weighted by Gasteiger charge is -2.19. The van der Waals surface area contributed by atoms with E-state index in [-0.39, 0.29) is 41.2 Å². The molecule has 5 aromatic carbocycles. The van der Waals surface area contributed by atoms with Crippen LogP contribution in [-0.2, 0) is 44.2 Å². The Morgan fingerprint density at radius 3 is 1.93 bits per heavy atom. The van der Waals surface area contributed by atoms with Gasteiger partial charge in [-0.2, -0.15) is 0 Å². The average molecular weight is 1050 g/mol. The van der Waals surface area contributed by atoms with Crippen molar-refractivity contribution < 1.29 is 66.3 Å². The van der Waals surface area contributed by atoms with Crippen molar-refractivity contribution >= 4 is 70.0 Å². The first kappa shape index (κ1) is 52.4. The molecule has 376 valence electrons. The van der Waals surface area contributed by atoms with Crippen molar-refractivity contribution in [2.45, 2.75) is 49.3 Å². The van der Waals surface area contributed by atoms with Crippen molar-refractivity contribution in [2.24, 2.45) is 4.99 Å². The number of nitrogens with one attached hydrogen (secondary N) is 3. The number of anilines is 2. The third-order valence-electron chi connectivity index (χ3n) is 11.1. The summed E-state index contributed by atoms with van der Waals surface area (Å²) in [6, 6.07) is 26.4. The summed E-state index contributed by atoms with van der Waals surface area (Å²) in [6.45, 7) is 10.6. The number of hydrogen-bond donors (Lipinski definition) is 3. The SMILES string of the molecule is C=C(C)C(=O)OCCNC(=O)OCCS(=O)(=O)c1c(F)c(F)c(S(=O)(=O)NS(=O)(=O)c2ccccc2-c2c3cc/c(=N\c4c(C)cccc4C)cc-3oc3cc(Nc4c(C)cccc4C)ccc23)c(F)c1F. The van der Waals surface area contributed by atoms with Crippen molar-refractivity contribution in [3.63, 3.8) is 0 Å². The zero-order valence-electron chi connectivity index (χ0n) is 38.9. The number of aryl methyl sites for hydroxylation is 4. The van der Waals surface area contributed by atoms with Gasteiger partial charge in [0, 0.05) is 51.2 Å². The van der Waals surface area contributed by atoms with Crippen molar-refractivity contribution in [3.05, 3.63) is 160 Å². The monoisotopic (exact) mass is 1050 g/mol. The van der Waals surface area contributed by atoms with Gasteiger partial charge < -0.3 is 24.5 Å². The highest BCUT2D eigenvalue weighted by Crippen LogP contribution is 2.43. The van der Waals surface area contributed by atoms with Crippen LogP contribution < -0.4 is 20.1 Å². The van der Waals surface area contributed by atoms with E-state index in [4.69, 9.17) is 14.1 Å². The molecule has 15 nitrogen and oxygen atoms in total. The summed E-state index contributed by atoms with van der Waals surface area (Å²) in [5.41, 5.74) is 6.43. The molecule has 72 heavy (non-hydrogen) atoms. The standard InChI is InChI=1S/C50H44F4N4O11S3/c1-27(2)49(59)67-22-21-55-50(60)68-23-24-70(61,62)47-41(51)43(53)48(44(54)42(47)52)72(65,66)58-71(63,64)39-16-8-7-15-36(39)40-34-19-17-32(56-45-28(3)11-9-12-29(45)4)25-37(34)69-38-26-33(18-20-35(38)40)57-46-30(5)13-10-14-31(46)6/h7-20,25-26,56,58H,1,21-24H2,2-6H3,(H,55,60)/b57-33+. The predicted molar refractivity (Wildman–Crippen MR) is 260 cm³/mol. The number of amides is 1. The number of alkyl carbamates (subject to hydrolysis) is 1. The van der Waals surface area contributed by atoms with Gasteiger partial charge in [-0.15, -0.1) is 4.13 Å². The molecular weight excluding hydrogens is 1000 g/mol. The van der Waals surface area contributed by atoms with Crippen LogP contribution in [0.1, 0.15) is 29.2 Å². The first-order valence-corrected chi connectivity index (χ1v) is 26.2. The summed E-state index contributed by atoms with van der Waals surface area (Å²) in [5.74, 6) is -13.0. The van der Waals surface area contributed by atoms with Gasteiger partial charge in [-0.1, -0.05) is 61.2 Å². The Morgan fingerprint density at radius 1 is 0.681 bits per heavy atom. The van der Waals surface area contributed by atoms with Crippen LogP contribution in [0.5, 0.6) is 0 Å². The fourth-order valence-corrected chi connectivity index (χ4v) is 12.1. The molecule has 3 N–H and O–H groups in total. The first-order valence-electron chi connectivity index (χ1n) is 21.6. The minimum absolute atomic E-state index is 0.0696. The number of carbonyl (C=O) groups is 2. The second-order valence-electron chi connectivity index (χ2n) is 16.4. The van der Waals surface area contributed by atoms with Crippen LogP contribution in [0.3, 0.4) is 0 Å². The lowest BCUT2D eigenvalue weighted by molar-refractivity contribution is -0.138. The van der Waals surface area contributed by atoms with Gasteiger partial charge in [-0.3, -0.25) is 0 Å². The normalized spacial score (nSPS) is 12.3. The van der Waals surface area contributed by atoms with Gasteiger partial charge >= 0.3 is 12.1 Å². The number of esters is 1. The van der Waals surface area contributed by atoms with Crippen LogP contribution >= 0.6 is 0 Å². The second kappa shape index (κ2) is 20.7. The second-order valence-corrected chi connectivity index (χ2v) is 22.0. The highest BCUT2D eigenvalue weighted by Gasteiger charge is 2.40. The Hall–Kier alpha value is -7.40. The molecular formula is C50H44F4N4O11S3. The molecule has 22 heteroatoms. The summed E-state index contributed by atoms with van der Waals surface area (Å²) < 4.78 is 162. The number of nitrogens with zero attached hydrogens (tertiary/aromatic N) is 1. The van der Waals surface area contributed by atoms with Crippen molar-refractivity contribution in [2.75, 3.05) is 30.8 Å². The van der Waals surface area contributed by atoms with E-state index in [0.29, 0.717) is 27.7 Å². The summed E-state index contributed by atoms with van der Waals surface area (Å²) >= 11 is 0. The van der Waals surface area contributed by atoms with Crippen molar-refractivity contribution in [1.29, 1.82) is 0 Å². The van der Waals surface area contributed by atoms with E-state index >= 15 is 17.6 Å². The third-order valence-corrected chi connectivity index (χ3v) is 16.4. The maximum atomic E-state index is 15.7. The average Bonchev–Trinajstić information content (AvgIpc) is 3.30. The van der Waals surface area contributed by atoms with Crippen LogP contribution in [0.4, 0.5) is 39.4 Å². The van der Waals surface area contributed by atoms with Crippen LogP contribution in [-0.4, -0.2) is 62.8 Å². The zero-order valence-corrected chi connectivity index (χ0v) is 41.4. The van der Waals surface area contributed by atoms with Gasteiger partial charge in [0.25, 0.3) is 20.0 Å². The van der Waals surface area contributed by atoms with E-state index < -0.39 is 92.3 Å². The summed E-state index contributed by atoms with van der Waals surface area (Å²) in [6.07, 6.45) is -1.28. The molecule has 0 aromatic heterocycles. The largest absolute Gasteiger partial charge is 0.460 e. The van der Waals surface area contributed by atoms with Gasteiger partial charge in [0.1, 0.15) is 29.5 Å². The minimum atomic E-state index is -6.17. The Balaban J connectivity index is 1.26. The highest BCUT2D eigenvalue weighted by molar-refractivity contribution is 8.04. The molecule has 0 atom stereocenters. The van der Waals surface area contributed by atoms with E-state index in [2.05, 4.69) is 21.9 Å². The number of halogens is 4. The smallest absolute Gasteiger partial charge is 0.407 e. The quantitative estimate of drug-likeness (QED) is 0.0206. The van der Waals surface area contributed by atoms with Gasteiger partial charge in [0.05, 0.1) is 28.2 Å². The molecule has 0 unspecified atom stereocenters. The Labute approximate surface area is 411 Å². The van der Waals surface area contributed by atoms with Crippen LogP contribution in [0.25, 0.3) is 33.4 Å². The van der Waals surface area contributed by atoms with E-state index in [0.717, 1.165) is 34.0 Å². The molecule has 7 rings (SSSR count). The van der Waals surface area contributed by atoms with E-state index in [1.165, 1.54) is 29.3 Å². The topological polar surface area (TPSA) is 217 Å². The van der Waals surface area contributed by atoms with Crippen molar-refractivity contribution in [1.82, 2.24) is 9.44 Å². The predicted octanol–water partition coefficient (Wildman–Crippen LogP) is 9.26. The molecule has 1 aliphatic carbocycles. The molecule has 0 fully saturated rings. The third kappa shape index (κ3) is 10.9. The van der Waals surface area contributed by atoms with Crippen LogP contribution in [0, 0.1) is 51.0 Å². The number of rotatable bonds is 16. The summed E-state index contributed by atoms with van der Waals surface area (Å²) in [7, 11) is -17.1. The first-order chi connectivity index (χ1) is 33.9. The summed E-state index contributed by atoms with van der Waals surface area (Å²) in [4.78, 5) is 22.7. The van der Waals surface area contributed by atoms with E-state index in [9.17, 15) is 34.8 Å². The number of ether oxygens (including phenoxy) is 2. The molecule has 0 spiro atoms. The Kier molecular flexibility index (Phi) is 15.1. The molecule has 1 heterocycles. The molecule has 2 aliphatic rings. The van der Waals surface area contributed by atoms with E-state index in [1.807, 2.05) is 64.1 Å². The molecule has 1 amide bonds. The number of hydrogen-bond acceptors (Lipinski definition) is 13. The minimum Gasteiger partial charge on any atom is -0.460 e. The van der Waals surface area contributed by atoms with Gasteiger partial charge in [-0.25, -0.2) is 57.4 Å². The lowest BCUT2D eigenvalue weighted by atomic mass is 9.93. The maximum absolute atomic E-state index is 15.7. The number of benzene rings is 6. The molecule has 0 saturated heterocycles. The fourth-order valence-electron chi connectivity index (χ4n) is 7.64. The maximum Gasteiger partial charge on any atom is 0.407 e. The highest BCUT2D eigenvalue weighted by atomic mass is 32.3. The van der Waals surface area contributed by atoms with Crippen LogP contribution in [0.15, 0.2) is 133 Å². The molecule has 0 radical (unpaired) electrons. The van der Waals surface area contributed by atoms with E-state index in [1.54, 1.807) is 36.4 Å². The zero-order chi connectivity index (χ0) is 52.4. The Bertz CT molecular complexity index is 3680. The van der Waals surface area contributed by atoms with Gasteiger partial charge in [0.2, 0.25) is 0 Å². The van der Waals surface area contributed by atoms with Crippen LogP contribution in [0.2, 0.25) is 0 Å². The number of carbonyl (C=O) groups excluding carboxylic acids is 2. The molecule has 0 bridgehead atoms. The lowest BCUT2D eigenvalue weighted by Crippen LogP contribution is -2.33. The Morgan fingerprint density at radius 2 is 1.29 bits per heavy atom. The number of para-hydroxylation sites is 2. The molecule has 0 saturated carbocycles. The number of sulfone groups is 1. The molecule has 5 aromatic rings.